The van der Waals surface area contributed by atoms with E-state index in [1.807, 2.05) is 54.6 Å². The Morgan fingerprint density at radius 2 is 1.65 bits per heavy atom. The summed E-state index contributed by atoms with van der Waals surface area (Å²) in [7, 11) is 3.22. The van der Waals surface area contributed by atoms with Crippen molar-refractivity contribution < 1.29 is 14.3 Å². The summed E-state index contributed by atoms with van der Waals surface area (Å²) in [5, 5.41) is 13.2. The molecule has 1 aliphatic rings. The van der Waals surface area contributed by atoms with E-state index in [4.69, 9.17) is 10.00 Å². The van der Waals surface area contributed by atoms with Gasteiger partial charge in [0.15, 0.2) is 17.2 Å². The Balaban J connectivity index is 1.32. The van der Waals surface area contributed by atoms with E-state index in [0.29, 0.717) is 22.2 Å². The standard InChI is InChI=1S/C34H31N5O4/c1-37-30-26-10-6-7-11-27(26)39(21-28(40)23-8-4-3-5-9-23)34(42)29(30)32(43-2)31(37)33(41)36-24-16-18-38(19-17-24)25-14-12-22(20-35)13-15-25/h3-15,24H,16-19,21H2,1-2H3,(H,36,41). The maximum Gasteiger partial charge on any atom is 0.272 e. The number of para-hydroxylation sites is 1. The molecule has 0 spiro atoms. The Bertz CT molecular complexity index is 1940. The number of benzene rings is 3. The van der Waals surface area contributed by atoms with Gasteiger partial charge in [-0.1, -0.05) is 48.5 Å². The van der Waals surface area contributed by atoms with E-state index in [2.05, 4.69) is 16.3 Å². The van der Waals surface area contributed by atoms with E-state index in [0.717, 1.165) is 37.0 Å². The van der Waals surface area contributed by atoms with Gasteiger partial charge in [-0.2, -0.15) is 5.26 Å². The predicted octanol–water partition coefficient (Wildman–Crippen LogP) is 4.66. The van der Waals surface area contributed by atoms with Crippen molar-refractivity contribution in [3.8, 4) is 11.8 Å². The van der Waals surface area contributed by atoms with Crippen LogP contribution in [0.15, 0.2) is 83.7 Å². The van der Waals surface area contributed by atoms with Crippen LogP contribution >= 0.6 is 0 Å². The molecule has 2 aromatic heterocycles. The lowest BCUT2D eigenvalue weighted by Gasteiger charge is -2.34. The van der Waals surface area contributed by atoms with Crippen LogP contribution in [0.25, 0.3) is 21.8 Å². The number of carbonyl (C=O) groups is 2. The van der Waals surface area contributed by atoms with Crippen LogP contribution in [0.1, 0.15) is 39.3 Å². The second-order valence-corrected chi connectivity index (χ2v) is 10.8. The minimum atomic E-state index is -0.389. The Morgan fingerprint density at radius 3 is 2.33 bits per heavy atom. The number of methoxy groups -OCH3 is 1. The number of aryl methyl sites for hydroxylation is 1. The van der Waals surface area contributed by atoms with Gasteiger partial charge in [0.1, 0.15) is 5.39 Å². The number of aromatic nitrogens is 2. The van der Waals surface area contributed by atoms with Gasteiger partial charge in [-0.3, -0.25) is 19.0 Å². The van der Waals surface area contributed by atoms with E-state index >= 15 is 0 Å². The summed E-state index contributed by atoms with van der Waals surface area (Å²) in [5.74, 6) is -0.308. The van der Waals surface area contributed by atoms with Gasteiger partial charge in [-0.05, 0) is 43.2 Å². The first-order valence-corrected chi connectivity index (χ1v) is 14.2. The zero-order valence-electron chi connectivity index (χ0n) is 24.0. The summed E-state index contributed by atoms with van der Waals surface area (Å²) in [4.78, 5) is 43.2. The van der Waals surface area contributed by atoms with Gasteiger partial charge in [0.2, 0.25) is 0 Å². The van der Waals surface area contributed by atoms with E-state index in [1.165, 1.54) is 11.7 Å². The molecule has 0 aliphatic carbocycles. The molecule has 5 aromatic rings. The van der Waals surface area contributed by atoms with Crippen molar-refractivity contribution in [1.82, 2.24) is 14.5 Å². The highest BCUT2D eigenvalue weighted by atomic mass is 16.5. The molecule has 3 aromatic carbocycles. The molecule has 1 saturated heterocycles. The number of ether oxygens (including phenoxy) is 1. The normalized spacial score (nSPS) is 13.7. The number of fused-ring (bicyclic) bond motifs is 3. The largest absolute Gasteiger partial charge is 0.493 e. The molecule has 6 rings (SSSR count). The van der Waals surface area contributed by atoms with E-state index < -0.39 is 0 Å². The molecule has 1 amide bonds. The third-order valence-corrected chi connectivity index (χ3v) is 8.27. The first-order chi connectivity index (χ1) is 20.9. The number of carbonyl (C=O) groups excluding carboxylic acids is 2. The Morgan fingerprint density at radius 1 is 0.977 bits per heavy atom. The molecule has 216 valence electrons. The number of nitriles is 1. The number of nitrogens with zero attached hydrogens (tertiary/aromatic N) is 4. The second kappa shape index (κ2) is 11.5. The summed E-state index contributed by atoms with van der Waals surface area (Å²) >= 11 is 0. The molecule has 1 N–H and O–H groups in total. The molecule has 9 heteroatoms. The van der Waals surface area contributed by atoms with Gasteiger partial charge in [0.05, 0.1) is 36.3 Å². The van der Waals surface area contributed by atoms with Gasteiger partial charge in [-0.15, -0.1) is 0 Å². The van der Waals surface area contributed by atoms with Crippen LogP contribution in [0, 0.1) is 11.3 Å². The summed E-state index contributed by atoms with van der Waals surface area (Å²) < 4.78 is 8.94. The van der Waals surface area contributed by atoms with Gasteiger partial charge in [0.25, 0.3) is 11.5 Å². The fourth-order valence-corrected chi connectivity index (χ4v) is 6.08. The molecular formula is C34H31N5O4. The number of Topliss-reactive ketones (excluding diaryl/α,β-unsaturated/α-hetero) is 1. The third kappa shape index (κ3) is 5.01. The quantitative estimate of drug-likeness (QED) is 0.284. The molecule has 0 unspecified atom stereocenters. The van der Waals surface area contributed by atoms with E-state index in [-0.39, 0.29) is 46.7 Å². The lowest BCUT2D eigenvalue weighted by atomic mass is 10.0. The molecule has 9 nitrogen and oxygen atoms in total. The minimum Gasteiger partial charge on any atom is -0.493 e. The second-order valence-electron chi connectivity index (χ2n) is 10.8. The molecule has 3 heterocycles. The summed E-state index contributed by atoms with van der Waals surface area (Å²) in [5.41, 5.74) is 3.26. The number of ketones is 1. The highest BCUT2D eigenvalue weighted by Crippen LogP contribution is 2.35. The summed E-state index contributed by atoms with van der Waals surface area (Å²) in [6.07, 6.45) is 1.49. The lowest BCUT2D eigenvalue weighted by Crippen LogP contribution is -2.45. The predicted molar refractivity (Wildman–Crippen MR) is 166 cm³/mol. The number of hydrogen-bond acceptors (Lipinski definition) is 6. The number of hydrogen-bond donors (Lipinski definition) is 1. The number of nitrogens with one attached hydrogen (secondary N) is 1. The maximum absolute atomic E-state index is 14.0. The molecule has 1 aliphatic heterocycles. The van der Waals surface area contributed by atoms with Crippen LogP contribution < -0.4 is 20.5 Å². The van der Waals surface area contributed by atoms with Crippen molar-refractivity contribution in [3.05, 3.63) is 106 Å². The van der Waals surface area contributed by atoms with Crippen LogP contribution in [0.5, 0.6) is 5.75 Å². The fraction of sp³-hybridized carbons (Fsp3) is 0.235. The van der Waals surface area contributed by atoms with E-state index in [1.54, 1.807) is 35.9 Å². The number of rotatable bonds is 7. The first-order valence-electron chi connectivity index (χ1n) is 14.2. The number of piperidine rings is 1. The first kappa shape index (κ1) is 27.8. The van der Waals surface area contributed by atoms with Crippen LogP contribution in [-0.4, -0.2) is 47.1 Å². The Hall–Kier alpha value is -5.36. The van der Waals surface area contributed by atoms with Crippen molar-refractivity contribution in [2.45, 2.75) is 25.4 Å². The van der Waals surface area contributed by atoms with Crippen LogP contribution in [0.3, 0.4) is 0 Å². The average molecular weight is 574 g/mol. The topological polar surface area (TPSA) is 109 Å². The summed E-state index contributed by atoms with van der Waals surface area (Å²) in [6.45, 7) is 1.37. The minimum absolute atomic E-state index is 0.0539. The Labute approximate surface area is 248 Å². The number of pyridine rings is 1. The number of anilines is 1. The zero-order chi connectivity index (χ0) is 30.1. The smallest absolute Gasteiger partial charge is 0.272 e. The SMILES string of the molecule is COc1c(C(=O)NC2CCN(c3ccc(C#N)cc3)CC2)n(C)c2c1c(=O)n(CC(=O)c1ccccc1)c1ccccc21. The van der Waals surface area contributed by atoms with Crippen molar-refractivity contribution in [3.63, 3.8) is 0 Å². The number of amides is 1. The molecule has 0 bridgehead atoms. The van der Waals surface area contributed by atoms with Crippen LogP contribution in [0.2, 0.25) is 0 Å². The highest BCUT2D eigenvalue weighted by Gasteiger charge is 2.30. The van der Waals surface area contributed by atoms with Gasteiger partial charge in [0, 0.05) is 42.8 Å². The molecule has 0 atom stereocenters. The lowest BCUT2D eigenvalue weighted by molar-refractivity contribution is 0.0918. The fourth-order valence-electron chi connectivity index (χ4n) is 6.08. The molecule has 43 heavy (non-hydrogen) atoms. The molecule has 0 saturated carbocycles. The van der Waals surface area contributed by atoms with Crippen molar-refractivity contribution in [1.29, 1.82) is 5.26 Å². The van der Waals surface area contributed by atoms with Gasteiger partial charge < -0.3 is 19.5 Å². The van der Waals surface area contributed by atoms with Crippen LogP contribution in [0.4, 0.5) is 5.69 Å². The molecular weight excluding hydrogens is 542 g/mol. The van der Waals surface area contributed by atoms with Crippen molar-refractivity contribution in [2.75, 3.05) is 25.1 Å². The highest BCUT2D eigenvalue weighted by molar-refractivity contribution is 6.12. The van der Waals surface area contributed by atoms with E-state index in [9.17, 15) is 14.4 Å². The van der Waals surface area contributed by atoms with Crippen molar-refractivity contribution in [2.24, 2.45) is 7.05 Å². The molecule has 1 fully saturated rings. The van der Waals surface area contributed by atoms with Gasteiger partial charge >= 0.3 is 0 Å². The summed E-state index contributed by atoms with van der Waals surface area (Å²) in [6, 6.07) is 25.9. The average Bonchev–Trinajstić information content (AvgIpc) is 3.36. The monoisotopic (exact) mass is 573 g/mol. The third-order valence-electron chi connectivity index (χ3n) is 8.27. The van der Waals surface area contributed by atoms with Gasteiger partial charge in [-0.25, -0.2) is 0 Å². The van der Waals surface area contributed by atoms with Crippen LogP contribution in [-0.2, 0) is 13.6 Å². The Kier molecular flexibility index (Phi) is 7.43. The maximum atomic E-state index is 14.0. The zero-order valence-corrected chi connectivity index (χ0v) is 24.0. The molecule has 0 radical (unpaired) electrons. The van der Waals surface area contributed by atoms with Crippen molar-refractivity contribution >= 4 is 39.2 Å².